The number of nitrogens with one attached hydrogen (secondary N) is 1. The first-order valence-electron chi connectivity index (χ1n) is 15.9. The lowest BCUT2D eigenvalue weighted by Crippen LogP contribution is -2.52. The molecule has 0 spiro atoms. The van der Waals surface area contributed by atoms with Crippen molar-refractivity contribution >= 4 is 17.5 Å². The van der Waals surface area contributed by atoms with E-state index < -0.39 is 41.3 Å². The van der Waals surface area contributed by atoms with E-state index in [1.54, 1.807) is 11.0 Å². The lowest BCUT2D eigenvalue weighted by atomic mass is 9.87. The predicted molar refractivity (Wildman–Crippen MR) is 168 cm³/mol. The van der Waals surface area contributed by atoms with Crippen molar-refractivity contribution in [2.75, 3.05) is 64.8 Å². The molecule has 7 nitrogen and oxygen atoms in total. The second-order valence-electron chi connectivity index (χ2n) is 13.3. The van der Waals surface area contributed by atoms with Gasteiger partial charge in [0.1, 0.15) is 11.6 Å². The third-order valence-electron chi connectivity index (χ3n) is 9.15. The van der Waals surface area contributed by atoms with Gasteiger partial charge < -0.3 is 20.0 Å². The number of hydrogen-bond acceptors (Lipinski definition) is 5. The van der Waals surface area contributed by atoms with Gasteiger partial charge in [0.2, 0.25) is 11.8 Å². The Morgan fingerprint density at radius 1 is 0.957 bits per heavy atom. The SMILES string of the molecule is CC(C)[C@H](NC(=O)CCN(C)C)c1cccc(F)c1N1CCN(C(=O)[C@@H]2CN(C(C)C)C[C@H]2c2ccc(C(F)(F)F)c(F)c2)CC1. The minimum atomic E-state index is -4.80. The molecular formula is C34H46F5N5O2. The van der Waals surface area contributed by atoms with Gasteiger partial charge in [0.15, 0.2) is 0 Å². The van der Waals surface area contributed by atoms with E-state index in [2.05, 4.69) is 10.2 Å². The van der Waals surface area contributed by atoms with Crippen molar-refractivity contribution in [3.8, 4) is 0 Å². The molecule has 254 valence electrons. The topological polar surface area (TPSA) is 59.1 Å². The van der Waals surface area contributed by atoms with Gasteiger partial charge in [-0.15, -0.1) is 0 Å². The zero-order valence-corrected chi connectivity index (χ0v) is 27.5. The molecule has 46 heavy (non-hydrogen) atoms. The molecule has 2 aliphatic heterocycles. The molecule has 2 amide bonds. The largest absolute Gasteiger partial charge is 0.419 e. The zero-order valence-electron chi connectivity index (χ0n) is 27.5. The number of piperazine rings is 1. The molecule has 2 saturated heterocycles. The number of para-hydroxylation sites is 1. The summed E-state index contributed by atoms with van der Waals surface area (Å²) >= 11 is 0. The normalized spacial score (nSPS) is 20.2. The standard InChI is InChI=1S/C34H46F5N5O2/c1-21(2)31(40-30(45)12-13-41(5)6)24-8-7-9-28(35)32(24)42-14-16-43(17-15-42)33(46)26-20-44(22(3)4)19-25(26)23-10-11-27(29(36)18-23)34(37,38)39/h7-11,18,21-22,25-26,31H,12-17,19-20H2,1-6H3,(H,40,45)/t25-,26+,31-/m0/s1. The van der Waals surface area contributed by atoms with Gasteiger partial charge in [0.05, 0.1) is 23.2 Å². The number of nitrogens with zero attached hydrogens (tertiary/aromatic N) is 4. The summed E-state index contributed by atoms with van der Waals surface area (Å²) in [6.07, 6.45) is -4.49. The summed E-state index contributed by atoms with van der Waals surface area (Å²) in [5.74, 6) is -3.05. The number of amides is 2. The Labute approximate surface area is 268 Å². The minimum absolute atomic E-state index is 0.00930. The van der Waals surface area contributed by atoms with Crippen molar-refractivity contribution in [3.05, 3.63) is 64.7 Å². The van der Waals surface area contributed by atoms with E-state index in [9.17, 15) is 27.2 Å². The molecule has 0 unspecified atom stereocenters. The van der Waals surface area contributed by atoms with Crippen LogP contribution >= 0.6 is 0 Å². The van der Waals surface area contributed by atoms with E-state index in [0.29, 0.717) is 69.0 Å². The predicted octanol–water partition coefficient (Wildman–Crippen LogP) is 5.52. The van der Waals surface area contributed by atoms with Gasteiger partial charge >= 0.3 is 6.18 Å². The van der Waals surface area contributed by atoms with Gasteiger partial charge in [-0.1, -0.05) is 32.0 Å². The molecule has 0 aliphatic carbocycles. The van der Waals surface area contributed by atoms with E-state index in [4.69, 9.17) is 0 Å². The zero-order chi connectivity index (χ0) is 33.9. The highest BCUT2D eigenvalue weighted by Gasteiger charge is 2.43. The van der Waals surface area contributed by atoms with Crippen molar-refractivity contribution in [1.29, 1.82) is 0 Å². The van der Waals surface area contributed by atoms with E-state index in [1.165, 1.54) is 12.1 Å². The molecule has 0 radical (unpaired) electrons. The Kier molecular flexibility index (Phi) is 11.4. The summed E-state index contributed by atoms with van der Waals surface area (Å²) in [5, 5.41) is 3.09. The minimum Gasteiger partial charge on any atom is -0.365 e. The van der Waals surface area contributed by atoms with Crippen molar-refractivity contribution in [1.82, 2.24) is 20.0 Å². The van der Waals surface area contributed by atoms with Crippen molar-refractivity contribution in [3.63, 3.8) is 0 Å². The van der Waals surface area contributed by atoms with Gasteiger partial charge in [-0.3, -0.25) is 14.5 Å². The van der Waals surface area contributed by atoms with Gasteiger partial charge in [-0.2, -0.15) is 13.2 Å². The van der Waals surface area contributed by atoms with Crippen LogP contribution in [0.25, 0.3) is 0 Å². The third kappa shape index (κ3) is 8.17. The highest BCUT2D eigenvalue weighted by atomic mass is 19.4. The maximum absolute atomic E-state index is 15.5. The molecular weight excluding hydrogens is 605 g/mol. The number of halogens is 5. The van der Waals surface area contributed by atoms with Crippen molar-refractivity contribution in [2.24, 2.45) is 11.8 Å². The number of hydrogen-bond donors (Lipinski definition) is 1. The average molecular weight is 652 g/mol. The summed E-state index contributed by atoms with van der Waals surface area (Å²) in [6.45, 7) is 10.7. The van der Waals surface area contributed by atoms with Gasteiger partial charge in [0.25, 0.3) is 0 Å². The van der Waals surface area contributed by atoms with Crippen LogP contribution < -0.4 is 10.2 Å². The van der Waals surface area contributed by atoms with Crippen molar-refractivity contribution in [2.45, 2.75) is 58.3 Å². The number of alkyl halides is 3. The summed E-state index contributed by atoms with van der Waals surface area (Å²) in [5.41, 5.74) is 0.134. The Bertz CT molecular complexity index is 1370. The Hall–Kier alpha value is -3.25. The molecule has 2 aliphatic rings. The first kappa shape index (κ1) is 35.6. The monoisotopic (exact) mass is 651 g/mol. The number of rotatable bonds is 10. The van der Waals surface area contributed by atoms with Crippen LogP contribution in [0.15, 0.2) is 36.4 Å². The average Bonchev–Trinajstić information content (AvgIpc) is 3.44. The van der Waals surface area contributed by atoms with Crippen LogP contribution in [0.2, 0.25) is 0 Å². The molecule has 2 heterocycles. The number of anilines is 1. The number of carbonyl (C=O) groups excluding carboxylic acids is 2. The lowest BCUT2D eigenvalue weighted by Gasteiger charge is -2.39. The maximum Gasteiger partial charge on any atom is 0.419 e. The highest BCUT2D eigenvalue weighted by molar-refractivity contribution is 5.81. The van der Waals surface area contributed by atoms with Crippen molar-refractivity contribution < 1.29 is 31.5 Å². The molecule has 12 heteroatoms. The van der Waals surface area contributed by atoms with Crippen LogP contribution in [0.1, 0.15) is 62.8 Å². The summed E-state index contributed by atoms with van der Waals surface area (Å²) in [4.78, 5) is 34.4. The highest BCUT2D eigenvalue weighted by Crippen LogP contribution is 2.39. The number of likely N-dealkylation sites (tertiary alicyclic amines) is 1. The quantitative estimate of drug-likeness (QED) is 0.343. The fourth-order valence-corrected chi connectivity index (χ4v) is 6.51. The van der Waals surface area contributed by atoms with E-state index >= 15 is 4.39 Å². The Morgan fingerprint density at radius 2 is 1.63 bits per heavy atom. The van der Waals surface area contributed by atoms with E-state index in [-0.39, 0.29) is 23.8 Å². The maximum atomic E-state index is 15.5. The first-order valence-corrected chi connectivity index (χ1v) is 15.9. The molecule has 3 atom stereocenters. The van der Waals surface area contributed by atoms with Crippen LogP contribution in [0.4, 0.5) is 27.6 Å². The van der Waals surface area contributed by atoms with Gasteiger partial charge in [0, 0.05) is 69.8 Å². The Balaban J connectivity index is 1.51. The fourth-order valence-electron chi connectivity index (χ4n) is 6.51. The number of carbonyl (C=O) groups is 2. The van der Waals surface area contributed by atoms with Crippen LogP contribution in [-0.2, 0) is 15.8 Å². The molecule has 4 rings (SSSR count). The summed E-state index contributed by atoms with van der Waals surface area (Å²) in [7, 11) is 3.79. The fraction of sp³-hybridized carbons (Fsp3) is 0.588. The molecule has 2 aromatic carbocycles. The Morgan fingerprint density at radius 3 is 2.20 bits per heavy atom. The van der Waals surface area contributed by atoms with Crippen LogP contribution in [0, 0.1) is 23.5 Å². The summed E-state index contributed by atoms with van der Waals surface area (Å²) < 4.78 is 69.7. The molecule has 0 aromatic heterocycles. The third-order valence-corrected chi connectivity index (χ3v) is 9.15. The molecule has 0 saturated carbocycles. The molecule has 2 aromatic rings. The molecule has 2 fully saturated rings. The first-order chi connectivity index (χ1) is 21.6. The van der Waals surface area contributed by atoms with Gasteiger partial charge in [-0.05, 0) is 57.6 Å². The summed E-state index contributed by atoms with van der Waals surface area (Å²) in [6, 6.07) is 7.50. The van der Waals surface area contributed by atoms with E-state index in [0.717, 1.165) is 12.1 Å². The van der Waals surface area contributed by atoms with Gasteiger partial charge in [-0.25, -0.2) is 8.78 Å². The number of benzene rings is 2. The second-order valence-corrected chi connectivity index (χ2v) is 13.3. The van der Waals surface area contributed by atoms with Crippen LogP contribution in [-0.4, -0.2) is 92.5 Å². The van der Waals surface area contributed by atoms with Crippen LogP contribution in [0.5, 0.6) is 0 Å². The smallest absolute Gasteiger partial charge is 0.365 e. The van der Waals surface area contributed by atoms with E-state index in [1.807, 2.05) is 57.7 Å². The molecule has 0 bridgehead atoms. The lowest BCUT2D eigenvalue weighted by molar-refractivity contribution is -0.140. The second kappa shape index (κ2) is 14.7. The van der Waals surface area contributed by atoms with Crippen LogP contribution in [0.3, 0.4) is 0 Å². The molecule has 1 N–H and O–H groups in total.